The zero-order valence-electron chi connectivity index (χ0n) is 14.3. The minimum Gasteiger partial charge on any atom is -0.0654 e. The van der Waals surface area contributed by atoms with Gasteiger partial charge in [0.2, 0.25) is 0 Å². The molecule has 0 radical (unpaired) electrons. The molecular weight excluding hydrogens is 228 g/mol. The van der Waals surface area contributed by atoms with Crippen LogP contribution < -0.4 is 0 Å². The summed E-state index contributed by atoms with van der Waals surface area (Å²) in [6, 6.07) is 0. The van der Waals surface area contributed by atoms with Gasteiger partial charge in [-0.15, -0.1) is 0 Å². The lowest BCUT2D eigenvalue weighted by molar-refractivity contribution is 0.325. The quantitative estimate of drug-likeness (QED) is 0.288. The molecule has 0 rings (SSSR count). The number of rotatable bonds is 14. The van der Waals surface area contributed by atoms with Gasteiger partial charge in [-0.05, 0) is 11.8 Å². The fourth-order valence-electron chi connectivity index (χ4n) is 2.87. The van der Waals surface area contributed by atoms with Crippen molar-refractivity contribution in [3.05, 3.63) is 0 Å². The Kier molecular flexibility index (Phi) is 14.4. The summed E-state index contributed by atoms with van der Waals surface area (Å²) < 4.78 is 0. The molecule has 19 heavy (non-hydrogen) atoms. The lowest BCUT2D eigenvalue weighted by atomic mass is 9.87. The molecule has 0 heterocycles. The molecule has 0 saturated heterocycles. The third-order valence-electron chi connectivity index (χ3n) is 4.75. The number of hydrogen-bond donors (Lipinski definition) is 0. The van der Waals surface area contributed by atoms with Crippen molar-refractivity contribution in [2.75, 3.05) is 0 Å². The molecule has 0 saturated carbocycles. The van der Waals surface area contributed by atoms with Gasteiger partial charge in [-0.25, -0.2) is 0 Å². The van der Waals surface area contributed by atoms with Gasteiger partial charge in [0.05, 0.1) is 0 Å². The van der Waals surface area contributed by atoms with Gasteiger partial charge in [0.25, 0.3) is 0 Å². The van der Waals surface area contributed by atoms with Crippen LogP contribution in [0, 0.1) is 11.8 Å². The van der Waals surface area contributed by atoms with Crippen LogP contribution in [0.15, 0.2) is 0 Å². The molecule has 0 aliphatic rings. The SMILES string of the molecule is CCCCCCCCCCCC(C)C(C)CCCC. The zero-order valence-corrected chi connectivity index (χ0v) is 14.3. The van der Waals surface area contributed by atoms with Crippen LogP contribution in [0.4, 0.5) is 0 Å². The maximum Gasteiger partial charge on any atom is -0.0417 e. The first-order chi connectivity index (χ1) is 9.22. The van der Waals surface area contributed by atoms with E-state index >= 15 is 0 Å². The maximum atomic E-state index is 2.46. The van der Waals surface area contributed by atoms with Crippen molar-refractivity contribution < 1.29 is 0 Å². The molecule has 116 valence electrons. The van der Waals surface area contributed by atoms with E-state index in [1.807, 2.05) is 0 Å². The van der Waals surface area contributed by atoms with Gasteiger partial charge < -0.3 is 0 Å². The van der Waals surface area contributed by atoms with Crippen LogP contribution in [0.2, 0.25) is 0 Å². The smallest absolute Gasteiger partial charge is 0.0417 e. The Hall–Kier alpha value is 0. The van der Waals surface area contributed by atoms with Gasteiger partial charge in [0.1, 0.15) is 0 Å². The van der Waals surface area contributed by atoms with Crippen LogP contribution in [-0.2, 0) is 0 Å². The summed E-state index contributed by atoms with van der Waals surface area (Å²) >= 11 is 0. The predicted octanol–water partition coefficient (Wildman–Crippen LogP) is 7.37. The normalized spacial score (nSPS) is 14.5. The lowest BCUT2D eigenvalue weighted by Crippen LogP contribution is -2.07. The van der Waals surface area contributed by atoms with Gasteiger partial charge in [-0.3, -0.25) is 0 Å². The molecule has 0 heteroatoms. The average molecular weight is 269 g/mol. The molecule has 0 aromatic heterocycles. The molecule has 0 nitrogen and oxygen atoms in total. The van der Waals surface area contributed by atoms with Crippen molar-refractivity contribution in [3.8, 4) is 0 Å². The predicted molar refractivity (Wildman–Crippen MR) is 89.7 cm³/mol. The molecule has 0 aromatic rings. The summed E-state index contributed by atoms with van der Waals surface area (Å²) in [6.45, 7) is 9.51. The second-order valence-electron chi connectivity index (χ2n) is 6.71. The van der Waals surface area contributed by atoms with Crippen molar-refractivity contribution in [3.63, 3.8) is 0 Å². The molecule has 0 N–H and O–H groups in total. The molecule has 2 atom stereocenters. The van der Waals surface area contributed by atoms with Gasteiger partial charge in [0, 0.05) is 0 Å². The minimum atomic E-state index is 0.939. The first-order valence-corrected chi connectivity index (χ1v) is 9.22. The van der Waals surface area contributed by atoms with E-state index in [4.69, 9.17) is 0 Å². The lowest BCUT2D eigenvalue weighted by Gasteiger charge is -2.19. The summed E-state index contributed by atoms with van der Waals surface area (Å²) in [4.78, 5) is 0. The third-order valence-corrected chi connectivity index (χ3v) is 4.75. The molecule has 0 spiro atoms. The highest BCUT2D eigenvalue weighted by molar-refractivity contribution is 4.62. The van der Waals surface area contributed by atoms with Crippen LogP contribution in [-0.4, -0.2) is 0 Å². The number of unbranched alkanes of at least 4 members (excludes halogenated alkanes) is 9. The first kappa shape index (κ1) is 19.0. The second kappa shape index (κ2) is 14.4. The van der Waals surface area contributed by atoms with E-state index in [2.05, 4.69) is 27.7 Å². The van der Waals surface area contributed by atoms with E-state index < -0.39 is 0 Å². The van der Waals surface area contributed by atoms with Crippen molar-refractivity contribution in [1.29, 1.82) is 0 Å². The van der Waals surface area contributed by atoms with Gasteiger partial charge in [-0.1, -0.05) is 111 Å². The van der Waals surface area contributed by atoms with E-state index in [0.717, 1.165) is 11.8 Å². The minimum absolute atomic E-state index is 0.939. The van der Waals surface area contributed by atoms with Crippen LogP contribution in [0.5, 0.6) is 0 Å². The van der Waals surface area contributed by atoms with E-state index in [0.29, 0.717) is 0 Å². The monoisotopic (exact) mass is 268 g/mol. The Labute approximate surface area is 123 Å². The Morgan fingerprint density at radius 1 is 0.474 bits per heavy atom. The van der Waals surface area contributed by atoms with E-state index in [9.17, 15) is 0 Å². The number of hydrogen-bond acceptors (Lipinski definition) is 0. The van der Waals surface area contributed by atoms with Crippen molar-refractivity contribution in [2.24, 2.45) is 11.8 Å². The first-order valence-electron chi connectivity index (χ1n) is 9.22. The summed E-state index contributed by atoms with van der Waals surface area (Å²) in [5.74, 6) is 1.88. The third kappa shape index (κ3) is 12.8. The van der Waals surface area contributed by atoms with Crippen LogP contribution in [0.3, 0.4) is 0 Å². The maximum absolute atomic E-state index is 2.46. The molecule has 0 aliphatic carbocycles. The van der Waals surface area contributed by atoms with Crippen molar-refractivity contribution in [1.82, 2.24) is 0 Å². The van der Waals surface area contributed by atoms with Crippen LogP contribution >= 0.6 is 0 Å². The van der Waals surface area contributed by atoms with E-state index in [1.165, 1.54) is 83.5 Å². The zero-order chi connectivity index (χ0) is 14.3. The highest BCUT2D eigenvalue weighted by Gasteiger charge is 2.10. The molecule has 0 amide bonds. The van der Waals surface area contributed by atoms with Crippen molar-refractivity contribution >= 4 is 0 Å². The highest BCUT2D eigenvalue weighted by atomic mass is 14.2. The topological polar surface area (TPSA) is 0 Å². The van der Waals surface area contributed by atoms with Gasteiger partial charge >= 0.3 is 0 Å². The molecule has 0 aliphatic heterocycles. The molecular formula is C19H40. The van der Waals surface area contributed by atoms with E-state index in [-0.39, 0.29) is 0 Å². The molecule has 0 fully saturated rings. The Bertz CT molecular complexity index is 161. The van der Waals surface area contributed by atoms with Crippen LogP contribution in [0.1, 0.15) is 111 Å². The average Bonchev–Trinajstić information content (AvgIpc) is 2.42. The second-order valence-corrected chi connectivity index (χ2v) is 6.71. The Morgan fingerprint density at radius 3 is 1.32 bits per heavy atom. The fraction of sp³-hybridized carbons (Fsp3) is 1.00. The summed E-state index contributed by atoms with van der Waals surface area (Å²) in [7, 11) is 0. The Balaban J connectivity index is 3.24. The largest absolute Gasteiger partial charge is 0.0654 e. The summed E-state index contributed by atoms with van der Waals surface area (Å²) in [6.07, 6.45) is 18.8. The fourth-order valence-corrected chi connectivity index (χ4v) is 2.87. The van der Waals surface area contributed by atoms with E-state index in [1.54, 1.807) is 0 Å². The molecule has 0 aromatic carbocycles. The highest BCUT2D eigenvalue weighted by Crippen LogP contribution is 2.23. The van der Waals surface area contributed by atoms with Crippen LogP contribution in [0.25, 0.3) is 0 Å². The van der Waals surface area contributed by atoms with Gasteiger partial charge in [-0.2, -0.15) is 0 Å². The van der Waals surface area contributed by atoms with Crippen molar-refractivity contribution in [2.45, 2.75) is 111 Å². The Morgan fingerprint density at radius 2 is 0.842 bits per heavy atom. The summed E-state index contributed by atoms with van der Waals surface area (Å²) in [5.41, 5.74) is 0. The molecule has 0 bridgehead atoms. The molecule has 2 unspecified atom stereocenters. The standard InChI is InChI=1S/C19H40/c1-5-7-9-10-11-12-13-14-15-17-19(4)18(3)16-8-6-2/h18-19H,5-17H2,1-4H3. The summed E-state index contributed by atoms with van der Waals surface area (Å²) in [5, 5.41) is 0. The van der Waals surface area contributed by atoms with Gasteiger partial charge in [0.15, 0.2) is 0 Å².